The van der Waals surface area contributed by atoms with Gasteiger partial charge in [-0.25, -0.2) is 4.79 Å². The third-order valence-electron chi connectivity index (χ3n) is 11.5. The number of aliphatic hydroxyl groups is 1. The molecular formula is C28H41NO4. The van der Waals surface area contributed by atoms with Gasteiger partial charge < -0.3 is 14.3 Å². The summed E-state index contributed by atoms with van der Waals surface area (Å²) < 4.78 is 10.8. The summed E-state index contributed by atoms with van der Waals surface area (Å²) in [6.45, 7) is 8.88. The average Bonchev–Trinajstić information content (AvgIpc) is 3.11. The maximum absolute atomic E-state index is 12.4. The Balaban J connectivity index is 1.24. The van der Waals surface area contributed by atoms with Crippen LogP contribution in [0, 0.1) is 28.6 Å². The number of nitrogens with zero attached hydrogens (tertiary/aromatic N) is 1. The topological polar surface area (TPSA) is 62.9 Å². The molecule has 0 radical (unpaired) electrons. The van der Waals surface area contributed by atoms with Gasteiger partial charge in [0.1, 0.15) is 0 Å². The first-order chi connectivity index (χ1) is 15.8. The Morgan fingerprint density at radius 2 is 1.79 bits per heavy atom. The number of fused-ring (bicyclic) bond motifs is 5. The molecule has 2 heterocycles. The second-order valence-corrected chi connectivity index (χ2v) is 12.4. The van der Waals surface area contributed by atoms with Gasteiger partial charge in [0.25, 0.3) is 0 Å². The number of hydrogen-bond donors (Lipinski definition) is 1. The Kier molecular flexibility index (Phi) is 5.36. The van der Waals surface area contributed by atoms with Gasteiger partial charge in [0.15, 0.2) is 0 Å². The fraction of sp³-hybridized carbons (Fsp3) is 0.821. The van der Waals surface area contributed by atoms with E-state index in [9.17, 15) is 9.90 Å². The van der Waals surface area contributed by atoms with Crippen LogP contribution >= 0.6 is 0 Å². The van der Waals surface area contributed by atoms with Gasteiger partial charge in [0, 0.05) is 30.6 Å². The molecule has 4 saturated carbocycles. The lowest BCUT2D eigenvalue weighted by atomic mass is 9.43. The zero-order chi connectivity index (χ0) is 22.8. The van der Waals surface area contributed by atoms with Crippen LogP contribution in [0.5, 0.6) is 0 Å². The van der Waals surface area contributed by atoms with E-state index >= 15 is 0 Å². The van der Waals surface area contributed by atoms with Gasteiger partial charge in [-0.3, -0.25) is 4.90 Å². The van der Waals surface area contributed by atoms with Crippen LogP contribution in [0.2, 0.25) is 0 Å². The molecule has 1 saturated heterocycles. The molecule has 5 aliphatic rings. The molecule has 0 amide bonds. The monoisotopic (exact) mass is 455 g/mol. The molecule has 33 heavy (non-hydrogen) atoms. The van der Waals surface area contributed by atoms with Crippen molar-refractivity contribution in [2.75, 3.05) is 26.3 Å². The molecule has 6 rings (SSSR count). The summed E-state index contributed by atoms with van der Waals surface area (Å²) in [5.41, 5.74) is 0.422. The molecule has 4 aliphatic carbocycles. The summed E-state index contributed by atoms with van der Waals surface area (Å²) in [5, 5.41) is 12.4. The third-order valence-corrected chi connectivity index (χ3v) is 11.5. The zero-order valence-electron chi connectivity index (χ0n) is 20.4. The van der Waals surface area contributed by atoms with Gasteiger partial charge in [0.2, 0.25) is 0 Å². The van der Waals surface area contributed by atoms with E-state index in [2.05, 4.69) is 18.7 Å². The largest absolute Gasteiger partial charge is 0.431 e. The van der Waals surface area contributed by atoms with Crippen molar-refractivity contribution in [2.45, 2.75) is 89.2 Å². The van der Waals surface area contributed by atoms with E-state index in [-0.39, 0.29) is 17.0 Å². The van der Waals surface area contributed by atoms with Gasteiger partial charge in [-0.05, 0) is 98.5 Å². The molecule has 8 atom stereocenters. The number of hydrogen-bond acceptors (Lipinski definition) is 5. The molecule has 5 nitrogen and oxygen atoms in total. The Labute approximate surface area is 197 Å². The summed E-state index contributed by atoms with van der Waals surface area (Å²) in [6.07, 6.45) is 12.2. The molecule has 0 aromatic carbocycles. The van der Waals surface area contributed by atoms with Crippen LogP contribution in [-0.2, 0) is 4.74 Å². The van der Waals surface area contributed by atoms with Gasteiger partial charge in [0.05, 0.1) is 25.1 Å². The molecule has 1 aromatic heterocycles. The Bertz CT molecular complexity index is 920. The van der Waals surface area contributed by atoms with Crippen molar-refractivity contribution in [1.29, 1.82) is 0 Å². The minimum atomic E-state index is -0.605. The summed E-state index contributed by atoms with van der Waals surface area (Å²) in [7, 11) is 0. The summed E-state index contributed by atoms with van der Waals surface area (Å²) in [5.74, 6) is 2.09. The second-order valence-electron chi connectivity index (χ2n) is 12.4. The van der Waals surface area contributed by atoms with Crippen molar-refractivity contribution >= 4 is 0 Å². The van der Waals surface area contributed by atoms with E-state index in [0.717, 1.165) is 63.1 Å². The highest BCUT2D eigenvalue weighted by molar-refractivity contribution is 5.27. The van der Waals surface area contributed by atoms with Crippen molar-refractivity contribution < 1.29 is 14.3 Å². The lowest BCUT2D eigenvalue weighted by molar-refractivity contribution is -0.204. The fourth-order valence-electron chi connectivity index (χ4n) is 9.58. The molecule has 1 aromatic rings. The molecule has 0 bridgehead atoms. The molecular weight excluding hydrogens is 414 g/mol. The minimum absolute atomic E-state index is 0.137. The molecule has 5 fully saturated rings. The summed E-state index contributed by atoms with van der Waals surface area (Å²) >= 11 is 0. The molecule has 0 unspecified atom stereocenters. The van der Waals surface area contributed by atoms with Crippen molar-refractivity contribution in [3.63, 3.8) is 0 Å². The lowest BCUT2D eigenvalue weighted by Crippen LogP contribution is -2.62. The number of rotatable bonds is 2. The van der Waals surface area contributed by atoms with Crippen LogP contribution in [0.25, 0.3) is 0 Å². The maximum atomic E-state index is 12.4. The quantitative estimate of drug-likeness (QED) is 0.707. The first-order valence-corrected chi connectivity index (χ1v) is 13.5. The van der Waals surface area contributed by atoms with Crippen LogP contribution in [0.4, 0.5) is 0 Å². The zero-order valence-corrected chi connectivity index (χ0v) is 20.4. The molecule has 0 spiro atoms. The normalized spacial score (nSPS) is 48.0. The highest BCUT2D eigenvalue weighted by Gasteiger charge is 2.67. The van der Waals surface area contributed by atoms with Crippen LogP contribution in [0.3, 0.4) is 0 Å². The van der Waals surface area contributed by atoms with Gasteiger partial charge in [-0.1, -0.05) is 13.8 Å². The van der Waals surface area contributed by atoms with Gasteiger partial charge >= 0.3 is 5.63 Å². The minimum Gasteiger partial charge on any atom is -0.431 e. The Morgan fingerprint density at radius 3 is 2.55 bits per heavy atom. The highest BCUT2D eigenvalue weighted by atomic mass is 16.5. The van der Waals surface area contributed by atoms with E-state index in [4.69, 9.17) is 9.15 Å². The van der Waals surface area contributed by atoms with Crippen molar-refractivity contribution in [2.24, 2.45) is 28.6 Å². The van der Waals surface area contributed by atoms with E-state index in [0.29, 0.717) is 17.3 Å². The van der Waals surface area contributed by atoms with Gasteiger partial charge in [-0.2, -0.15) is 0 Å². The Morgan fingerprint density at radius 1 is 0.970 bits per heavy atom. The lowest BCUT2D eigenvalue weighted by Gasteiger charge is -2.64. The van der Waals surface area contributed by atoms with E-state index in [1.54, 1.807) is 12.3 Å². The third kappa shape index (κ3) is 3.25. The van der Waals surface area contributed by atoms with E-state index in [1.165, 1.54) is 38.5 Å². The first-order valence-electron chi connectivity index (χ1n) is 13.5. The fourth-order valence-corrected chi connectivity index (χ4v) is 9.58. The van der Waals surface area contributed by atoms with Crippen LogP contribution in [0.1, 0.15) is 83.1 Å². The smallest absolute Gasteiger partial charge is 0.335 e. The molecule has 5 heteroatoms. The number of ether oxygens (including phenoxy) is 1. The standard InChI is InChI=1S/C28H41NO4/c1-26-10-7-21(29-13-15-32-16-14-29)17-20(26)4-5-24-23(26)8-11-27(2)22(9-12-28(24,27)31)19-3-6-25(30)33-18-19/h3,6,18,20-24,31H,4-5,7-17H2,1-2H3/t20-,21+,22-,23+,24-,26+,27-,28+/m1/s1. The van der Waals surface area contributed by atoms with E-state index < -0.39 is 5.60 Å². The highest BCUT2D eigenvalue weighted by Crippen LogP contribution is 2.70. The second kappa shape index (κ2) is 7.93. The first kappa shape index (κ1) is 22.3. The predicted molar refractivity (Wildman–Crippen MR) is 127 cm³/mol. The summed E-state index contributed by atoms with van der Waals surface area (Å²) in [6, 6.07) is 4.20. The van der Waals surface area contributed by atoms with Crippen molar-refractivity contribution in [3.05, 3.63) is 34.4 Å². The van der Waals surface area contributed by atoms with Gasteiger partial charge in [-0.15, -0.1) is 0 Å². The summed E-state index contributed by atoms with van der Waals surface area (Å²) in [4.78, 5) is 14.2. The van der Waals surface area contributed by atoms with Crippen molar-refractivity contribution in [3.8, 4) is 0 Å². The van der Waals surface area contributed by atoms with E-state index in [1.807, 2.05) is 6.07 Å². The maximum Gasteiger partial charge on any atom is 0.335 e. The van der Waals surface area contributed by atoms with Crippen LogP contribution in [0.15, 0.2) is 27.6 Å². The van der Waals surface area contributed by atoms with Crippen LogP contribution < -0.4 is 5.63 Å². The average molecular weight is 456 g/mol. The molecule has 182 valence electrons. The SMILES string of the molecule is C[C@]12CC[C@H](N3CCOCC3)C[C@H]1CC[C@@H]1[C@@H]2CC[C@]2(C)[C@@H](c3ccc(=O)oc3)CC[C@]12O. The number of morpholine rings is 1. The molecule has 1 aliphatic heterocycles. The Hall–Kier alpha value is -1.17. The molecule has 1 N–H and O–H groups in total. The van der Waals surface area contributed by atoms with Crippen molar-refractivity contribution in [1.82, 2.24) is 4.90 Å². The predicted octanol–water partition coefficient (Wildman–Crippen LogP) is 4.58. The van der Waals surface area contributed by atoms with Crippen LogP contribution in [-0.4, -0.2) is 48.0 Å².